The Hall–Kier alpha value is -2.31. The number of rotatable bonds is 2. The van der Waals surface area contributed by atoms with Gasteiger partial charge in [0.1, 0.15) is 11.5 Å². The number of hydrogen-bond donors (Lipinski definition) is 0. The maximum atomic E-state index is 13.0. The number of piperidine rings is 1. The number of halogens is 3. The average molecular weight is 391 g/mol. The standard InChI is InChI=1S/C21H24F3N3O/c1-14-7-9-26(10-8-14)20(28)18-13-27-12-16(5-6-19(27)25-18)15-3-2-4-17(11-15)21(22,23)24/h2-4,11,13-14,16H,5-10,12H2,1H3. The summed E-state index contributed by atoms with van der Waals surface area (Å²) in [5.41, 5.74) is 0.526. The minimum atomic E-state index is -4.34. The van der Waals surface area contributed by atoms with E-state index in [0.717, 1.165) is 44.2 Å². The van der Waals surface area contributed by atoms with Crippen LogP contribution in [0.25, 0.3) is 0 Å². The van der Waals surface area contributed by atoms with Crippen molar-refractivity contribution in [1.29, 1.82) is 0 Å². The van der Waals surface area contributed by atoms with Crippen LogP contribution in [0.4, 0.5) is 13.2 Å². The molecule has 7 heteroatoms. The number of carbonyl (C=O) groups excluding carboxylic acids is 1. The molecule has 2 aliphatic rings. The van der Waals surface area contributed by atoms with Crippen molar-refractivity contribution in [1.82, 2.24) is 14.5 Å². The first kappa shape index (κ1) is 19.0. The minimum Gasteiger partial charge on any atom is -0.337 e. The molecule has 2 aromatic rings. The Bertz CT molecular complexity index is 866. The number of benzene rings is 1. The van der Waals surface area contributed by atoms with Gasteiger partial charge in [-0.05, 0) is 36.8 Å². The fourth-order valence-corrected chi connectivity index (χ4v) is 4.16. The lowest BCUT2D eigenvalue weighted by Gasteiger charge is -2.29. The molecule has 2 aliphatic heterocycles. The topological polar surface area (TPSA) is 38.1 Å². The largest absolute Gasteiger partial charge is 0.416 e. The van der Waals surface area contributed by atoms with Crippen molar-refractivity contribution in [3.8, 4) is 0 Å². The summed E-state index contributed by atoms with van der Waals surface area (Å²) in [7, 11) is 0. The molecule has 1 saturated heterocycles. The molecular weight excluding hydrogens is 367 g/mol. The van der Waals surface area contributed by atoms with Crippen LogP contribution in [-0.4, -0.2) is 33.4 Å². The van der Waals surface area contributed by atoms with Crippen molar-refractivity contribution >= 4 is 5.91 Å². The molecular formula is C21H24F3N3O. The molecule has 1 fully saturated rings. The molecule has 0 saturated carbocycles. The highest BCUT2D eigenvalue weighted by molar-refractivity contribution is 5.92. The first-order valence-corrected chi connectivity index (χ1v) is 9.83. The quantitative estimate of drug-likeness (QED) is 0.756. The molecule has 4 nitrogen and oxygen atoms in total. The van der Waals surface area contributed by atoms with Crippen LogP contribution in [0.3, 0.4) is 0 Å². The molecule has 1 aromatic heterocycles. The van der Waals surface area contributed by atoms with Gasteiger partial charge in [0.25, 0.3) is 5.91 Å². The molecule has 0 spiro atoms. The first-order valence-electron chi connectivity index (χ1n) is 9.83. The van der Waals surface area contributed by atoms with E-state index < -0.39 is 11.7 Å². The second-order valence-corrected chi connectivity index (χ2v) is 8.03. The molecule has 0 radical (unpaired) electrons. The number of amides is 1. The summed E-state index contributed by atoms with van der Waals surface area (Å²) in [6.45, 7) is 4.27. The maximum absolute atomic E-state index is 13.0. The van der Waals surface area contributed by atoms with Crippen LogP contribution in [0, 0.1) is 5.92 Å². The van der Waals surface area contributed by atoms with Gasteiger partial charge < -0.3 is 9.47 Å². The van der Waals surface area contributed by atoms with Crippen LogP contribution >= 0.6 is 0 Å². The lowest BCUT2D eigenvalue weighted by Crippen LogP contribution is -2.38. The average Bonchev–Trinajstić information content (AvgIpc) is 3.11. The van der Waals surface area contributed by atoms with E-state index in [0.29, 0.717) is 30.1 Å². The number of hydrogen-bond acceptors (Lipinski definition) is 2. The van der Waals surface area contributed by atoms with E-state index in [4.69, 9.17) is 0 Å². The number of aromatic nitrogens is 2. The molecule has 3 heterocycles. The summed E-state index contributed by atoms with van der Waals surface area (Å²) in [5, 5.41) is 0. The number of carbonyl (C=O) groups is 1. The van der Waals surface area contributed by atoms with E-state index in [-0.39, 0.29) is 11.8 Å². The normalized spacial score (nSPS) is 20.9. The lowest BCUT2D eigenvalue weighted by molar-refractivity contribution is -0.137. The zero-order valence-electron chi connectivity index (χ0n) is 15.9. The molecule has 1 aromatic carbocycles. The molecule has 4 rings (SSSR count). The Balaban J connectivity index is 1.50. The fourth-order valence-electron chi connectivity index (χ4n) is 4.16. The van der Waals surface area contributed by atoms with Crippen LogP contribution in [0.2, 0.25) is 0 Å². The van der Waals surface area contributed by atoms with Crippen molar-refractivity contribution in [3.63, 3.8) is 0 Å². The predicted octanol–water partition coefficient (Wildman–Crippen LogP) is 4.50. The maximum Gasteiger partial charge on any atom is 0.416 e. The lowest BCUT2D eigenvalue weighted by atomic mass is 9.90. The minimum absolute atomic E-state index is 0.0113. The van der Waals surface area contributed by atoms with Crippen LogP contribution in [-0.2, 0) is 19.1 Å². The van der Waals surface area contributed by atoms with Gasteiger partial charge in [-0.3, -0.25) is 4.79 Å². The van der Waals surface area contributed by atoms with Gasteiger partial charge in [0.05, 0.1) is 5.56 Å². The van der Waals surface area contributed by atoms with E-state index in [9.17, 15) is 18.0 Å². The number of aryl methyl sites for hydroxylation is 1. The highest BCUT2D eigenvalue weighted by Crippen LogP contribution is 2.34. The SMILES string of the molecule is CC1CCN(C(=O)c2cn3c(n2)CCC(c2cccc(C(F)(F)F)c2)C3)CC1. The van der Waals surface area contributed by atoms with Crippen molar-refractivity contribution < 1.29 is 18.0 Å². The summed E-state index contributed by atoms with van der Waals surface area (Å²) >= 11 is 0. The van der Waals surface area contributed by atoms with Gasteiger partial charge in [0.15, 0.2) is 0 Å². The zero-order chi connectivity index (χ0) is 19.9. The summed E-state index contributed by atoms with van der Waals surface area (Å²) in [6, 6.07) is 5.56. The Labute approximate surface area is 162 Å². The molecule has 28 heavy (non-hydrogen) atoms. The van der Waals surface area contributed by atoms with Crippen LogP contribution < -0.4 is 0 Å². The second kappa shape index (κ2) is 7.26. The molecule has 0 aliphatic carbocycles. The van der Waals surface area contributed by atoms with Gasteiger partial charge in [-0.2, -0.15) is 13.2 Å². The summed E-state index contributed by atoms with van der Waals surface area (Å²) < 4.78 is 41.0. The third-order valence-corrected chi connectivity index (χ3v) is 5.97. The third kappa shape index (κ3) is 3.80. The van der Waals surface area contributed by atoms with Gasteiger partial charge in [0, 0.05) is 38.2 Å². The number of fused-ring (bicyclic) bond motifs is 1. The van der Waals surface area contributed by atoms with Crippen molar-refractivity contribution in [2.45, 2.75) is 51.2 Å². The highest BCUT2D eigenvalue weighted by Gasteiger charge is 2.32. The molecule has 1 atom stereocenters. The Morgan fingerprint density at radius 2 is 1.93 bits per heavy atom. The van der Waals surface area contributed by atoms with E-state index in [2.05, 4.69) is 11.9 Å². The van der Waals surface area contributed by atoms with Gasteiger partial charge >= 0.3 is 6.18 Å². The van der Waals surface area contributed by atoms with Gasteiger partial charge in [-0.25, -0.2) is 4.98 Å². The Morgan fingerprint density at radius 3 is 2.64 bits per heavy atom. The molecule has 0 bridgehead atoms. The molecule has 1 amide bonds. The van der Waals surface area contributed by atoms with Crippen molar-refractivity contribution in [3.05, 3.63) is 53.1 Å². The van der Waals surface area contributed by atoms with Crippen molar-refractivity contribution in [2.75, 3.05) is 13.1 Å². The second-order valence-electron chi connectivity index (χ2n) is 8.03. The summed E-state index contributed by atoms with van der Waals surface area (Å²) in [4.78, 5) is 19.1. The smallest absolute Gasteiger partial charge is 0.337 e. The molecule has 0 N–H and O–H groups in total. The van der Waals surface area contributed by atoms with E-state index in [1.54, 1.807) is 12.3 Å². The number of likely N-dealkylation sites (tertiary alicyclic amines) is 1. The first-order chi connectivity index (χ1) is 13.3. The fraction of sp³-hybridized carbons (Fsp3) is 0.524. The predicted molar refractivity (Wildman–Crippen MR) is 99.0 cm³/mol. The summed E-state index contributed by atoms with van der Waals surface area (Å²) in [5.74, 6) is 1.44. The molecule has 150 valence electrons. The van der Waals surface area contributed by atoms with Crippen molar-refractivity contribution in [2.24, 2.45) is 5.92 Å². The van der Waals surface area contributed by atoms with Gasteiger partial charge in [0.2, 0.25) is 0 Å². The molecule has 1 unspecified atom stereocenters. The zero-order valence-corrected chi connectivity index (χ0v) is 15.9. The number of nitrogens with zero attached hydrogens (tertiary/aromatic N) is 3. The van der Waals surface area contributed by atoms with Crippen LogP contribution in [0.5, 0.6) is 0 Å². The van der Waals surface area contributed by atoms with E-state index >= 15 is 0 Å². The number of imidazole rings is 1. The monoisotopic (exact) mass is 391 g/mol. The third-order valence-electron chi connectivity index (χ3n) is 5.97. The summed E-state index contributed by atoms with van der Waals surface area (Å²) in [6.07, 6.45) is 0.845. The van der Waals surface area contributed by atoms with E-state index in [1.807, 2.05) is 9.47 Å². The number of alkyl halides is 3. The Morgan fingerprint density at radius 1 is 1.18 bits per heavy atom. The highest BCUT2D eigenvalue weighted by atomic mass is 19.4. The van der Waals surface area contributed by atoms with Crippen LogP contribution in [0.15, 0.2) is 30.5 Å². The van der Waals surface area contributed by atoms with Crippen LogP contribution in [0.1, 0.15) is 59.5 Å². The van der Waals surface area contributed by atoms with E-state index in [1.165, 1.54) is 12.1 Å². The van der Waals surface area contributed by atoms with Gasteiger partial charge in [-0.15, -0.1) is 0 Å². The van der Waals surface area contributed by atoms with Gasteiger partial charge in [-0.1, -0.05) is 25.1 Å². The Kier molecular flexibility index (Phi) is 4.93.